The van der Waals surface area contributed by atoms with Gasteiger partial charge < -0.3 is 9.47 Å². The van der Waals surface area contributed by atoms with Gasteiger partial charge in [-0.15, -0.1) is 0 Å². The first kappa shape index (κ1) is 9.32. The predicted octanol–water partition coefficient (Wildman–Crippen LogP) is 1.84. The van der Waals surface area contributed by atoms with E-state index in [1.54, 1.807) is 0 Å². The molecule has 5 nitrogen and oxygen atoms in total. The van der Waals surface area contributed by atoms with Crippen LogP contribution in [0, 0.1) is 0 Å². The average Bonchev–Trinajstić information content (AvgIpc) is 2.14. The summed E-state index contributed by atoms with van der Waals surface area (Å²) in [7, 11) is 0. The lowest BCUT2D eigenvalue weighted by Gasteiger charge is -2.22. The summed E-state index contributed by atoms with van der Waals surface area (Å²) in [5.74, 6) is 0. The molecule has 0 N–H and O–H groups in total. The number of hydrogen-bond donors (Lipinski definition) is 0. The number of ether oxygens (including phenoxy) is 2. The largest absolute Gasteiger partial charge is 0.353 e. The Hall–Kier alpha value is -0.770. The zero-order chi connectivity index (χ0) is 8.65. The SMILES string of the molecule is [N-]=[N+]=NCCO[C@@H]1CCCCO1. The Balaban J connectivity index is 2.01. The van der Waals surface area contributed by atoms with Crippen LogP contribution in [-0.2, 0) is 9.47 Å². The van der Waals surface area contributed by atoms with Crippen LogP contribution in [0.3, 0.4) is 0 Å². The van der Waals surface area contributed by atoms with Crippen molar-refractivity contribution in [2.75, 3.05) is 19.8 Å². The first-order valence-corrected chi connectivity index (χ1v) is 4.17. The molecule has 1 heterocycles. The van der Waals surface area contributed by atoms with Crippen LogP contribution in [0.25, 0.3) is 10.4 Å². The van der Waals surface area contributed by atoms with E-state index in [0.717, 1.165) is 25.9 Å². The summed E-state index contributed by atoms with van der Waals surface area (Å²) in [5, 5.41) is 3.36. The molecule has 0 spiro atoms. The van der Waals surface area contributed by atoms with E-state index < -0.39 is 0 Å². The van der Waals surface area contributed by atoms with Gasteiger partial charge in [0.1, 0.15) is 0 Å². The molecule has 5 heteroatoms. The molecule has 1 saturated heterocycles. The molecule has 1 fully saturated rings. The van der Waals surface area contributed by atoms with Crippen LogP contribution in [0.15, 0.2) is 5.11 Å². The average molecular weight is 171 g/mol. The van der Waals surface area contributed by atoms with Crippen LogP contribution in [0.1, 0.15) is 19.3 Å². The normalized spacial score (nSPS) is 23.2. The Morgan fingerprint density at radius 1 is 1.58 bits per heavy atom. The minimum atomic E-state index is -0.0763. The Kier molecular flexibility index (Phi) is 4.52. The van der Waals surface area contributed by atoms with E-state index in [4.69, 9.17) is 15.0 Å². The van der Waals surface area contributed by atoms with E-state index in [-0.39, 0.29) is 6.29 Å². The third kappa shape index (κ3) is 3.57. The first-order valence-electron chi connectivity index (χ1n) is 4.17. The van der Waals surface area contributed by atoms with Crippen molar-refractivity contribution in [3.63, 3.8) is 0 Å². The van der Waals surface area contributed by atoms with Crippen LogP contribution in [-0.4, -0.2) is 26.0 Å². The highest BCUT2D eigenvalue weighted by atomic mass is 16.7. The van der Waals surface area contributed by atoms with E-state index in [1.807, 2.05) is 0 Å². The van der Waals surface area contributed by atoms with E-state index in [0.29, 0.717) is 13.2 Å². The van der Waals surface area contributed by atoms with Crippen molar-refractivity contribution in [2.24, 2.45) is 5.11 Å². The minimum Gasteiger partial charge on any atom is -0.353 e. The Morgan fingerprint density at radius 3 is 3.17 bits per heavy atom. The molecule has 0 aromatic heterocycles. The molecule has 0 bridgehead atoms. The fraction of sp³-hybridized carbons (Fsp3) is 1.00. The molecule has 0 aliphatic carbocycles. The standard InChI is InChI=1S/C7H13N3O2/c8-10-9-4-6-12-7-3-1-2-5-11-7/h7H,1-6H2/t7-/m1/s1. The molecule has 1 atom stereocenters. The van der Waals surface area contributed by atoms with Gasteiger partial charge in [-0.25, -0.2) is 0 Å². The fourth-order valence-corrected chi connectivity index (χ4v) is 1.11. The van der Waals surface area contributed by atoms with Gasteiger partial charge in [0.2, 0.25) is 0 Å². The smallest absolute Gasteiger partial charge is 0.157 e. The summed E-state index contributed by atoms with van der Waals surface area (Å²) in [4.78, 5) is 2.62. The van der Waals surface area contributed by atoms with Crippen molar-refractivity contribution < 1.29 is 9.47 Å². The molecule has 0 aromatic rings. The van der Waals surface area contributed by atoms with E-state index in [9.17, 15) is 0 Å². The van der Waals surface area contributed by atoms with Crippen molar-refractivity contribution in [2.45, 2.75) is 25.6 Å². The topological polar surface area (TPSA) is 67.2 Å². The molecule has 1 rings (SSSR count). The van der Waals surface area contributed by atoms with Gasteiger partial charge in [0.05, 0.1) is 6.61 Å². The lowest BCUT2D eigenvalue weighted by molar-refractivity contribution is -0.160. The summed E-state index contributed by atoms with van der Waals surface area (Å²) in [6, 6.07) is 0. The Bertz CT molecular complexity index is 162. The van der Waals surface area contributed by atoms with Gasteiger partial charge in [-0.1, -0.05) is 5.11 Å². The second-order valence-corrected chi connectivity index (χ2v) is 2.62. The zero-order valence-electron chi connectivity index (χ0n) is 6.98. The second kappa shape index (κ2) is 5.83. The van der Waals surface area contributed by atoms with Crippen molar-refractivity contribution in [1.29, 1.82) is 0 Å². The molecule has 1 aliphatic heterocycles. The Morgan fingerprint density at radius 2 is 2.50 bits per heavy atom. The van der Waals surface area contributed by atoms with E-state index in [2.05, 4.69) is 10.0 Å². The second-order valence-electron chi connectivity index (χ2n) is 2.62. The highest BCUT2D eigenvalue weighted by Gasteiger charge is 2.12. The monoisotopic (exact) mass is 171 g/mol. The third-order valence-corrected chi connectivity index (χ3v) is 1.70. The third-order valence-electron chi connectivity index (χ3n) is 1.70. The molecular weight excluding hydrogens is 158 g/mol. The van der Waals surface area contributed by atoms with Crippen LogP contribution >= 0.6 is 0 Å². The highest BCUT2D eigenvalue weighted by molar-refractivity contribution is 4.54. The number of hydrogen-bond acceptors (Lipinski definition) is 3. The van der Waals surface area contributed by atoms with Crippen LogP contribution in [0.5, 0.6) is 0 Å². The maximum absolute atomic E-state index is 7.97. The lowest BCUT2D eigenvalue weighted by Crippen LogP contribution is -2.23. The summed E-state index contributed by atoms with van der Waals surface area (Å²) in [5.41, 5.74) is 7.97. The zero-order valence-corrected chi connectivity index (χ0v) is 6.98. The minimum absolute atomic E-state index is 0.0763. The summed E-state index contributed by atoms with van der Waals surface area (Å²) in [6.45, 7) is 1.62. The summed E-state index contributed by atoms with van der Waals surface area (Å²) < 4.78 is 10.6. The van der Waals surface area contributed by atoms with Crippen molar-refractivity contribution in [3.8, 4) is 0 Å². The van der Waals surface area contributed by atoms with Gasteiger partial charge in [0.25, 0.3) is 0 Å². The molecule has 68 valence electrons. The highest BCUT2D eigenvalue weighted by Crippen LogP contribution is 2.13. The van der Waals surface area contributed by atoms with Crippen LogP contribution in [0.2, 0.25) is 0 Å². The van der Waals surface area contributed by atoms with E-state index in [1.165, 1.54) is 0 Å². The molecule has 0 saturated carbocycles. The molecule has 1 aliphatic rings. The van der Waals surface area contributed by atoms with Crippen molar-refractivity contribution >= 4 is 0 Å². The van der Waals surface area contributed by atoms with Gasteiger partial charge >= 0.3 is 0 Å². The number of azide groups is 1. The van der Waals surface area contributed by atoms with E-state index >= 15 is 0 Å². The maximum Gasteiger partial charge on any atom is 0.157 e. The van der Waals surface area contributed by atoms with Gasteiger partial charge in [-0.05, 0) is 24.8 Å². The predicted molar refractivity (Wildman–Crippen MR) is 43.6 cm³/mol. The molecule has 0 radical (unpaired) electrons. The summed E-state index contributed by atoms with van der Waals surface area (Å²) in [6.07, 6.45) is 3.16. The van der Waals surface area contributed by atoms with Crippen LogP contribution < -0.4 is 0 Å². The van der Waals surface area contributed by atoms with Crippen LogP contribution in [0.4, 0.5) is 0 Å². The molecule has 12 heavy (non-hydrogen) atoms. The quantitative estimate of drug-likeness (QED) is 0.280. The van der Waals surface area contributed by atoms with Gasteiger partial charge in [-0.3, -0.25) is 0 Å². The van der Waals surface area contributed by atoms with Crippen molar-refractivity contribution in [1.82, 2.24) is 0 Å². The van der Waals surface area contributed by atoms with Gasteiger partial charge in [0.15, 0.2) is 6.29 Å². The Labute approximate surface area is 71.3 Å². The maximum atomic E-state index is 7.97. The van der Waals surface area contributed by atoms with Gasteiger partial charge in [0, 0.05) is 18.1 Å². The molecule has 0 aromatic carbocycles. The summed E-state index contributed by atoms with van der Waals surface area (Å²) >= 11 is 0. The number of rotatable bonds is 4. The molecule has 0 amide bonds. The van der Waals surface area contributed by atoms with Crippen molar-refractivity contribution in [3.05, 3.63) is 10.4 Å². The first-order chi connectivity index (χ1) is 5.93. The number of nitrogens with zero attached hydrogens (tertiary/aromatic N) is 3. The fourth-order valence-electron chi connectivity index (χ4n) is 1.11. The lowest BCUT2D eigenvalue weighted by atomic mass is 10.2. The van der Waals surface area contributed by atoms with Gasteiger partial charge in [-0.2, -0.15) is 0 Å². The molecular formula is C7H13N3O2. The molecule has 0 unspecified atom stereocenters.